The van der Waals surface area contributed by atoms with E-state index in [0.717, 1.165) is 51.5 Å². The molecule has 2 N–H and O–H groups in total. The zero-order chi connectivity index (χ0) is 13.5. The zero-order valence-corrected chi connectivity index (χ0v) is 12.2. The summed E-state index contributed by atoms with van der Waals surface area (Å²) in [5.41, 5.74) is 5.89. The lowest BCUT2D eigenvalue weighted by Crippen LogP contribution is -2.53. The highest BCUT2D eigenvalue weighted by Crippen LogP contribution is 2.08. The number of nitrogens with two attached hydrogens (primary N) is 1. The Kier molecular flexibility index (Phi) is 6.65. The summed E-state index contributed by atoms with van der Waals surface area (Å²) >= 11 is 0. The van der Waals surface area contributed by atoms with Gasteiger partial charge >= 0.3 is 0 Å². The highest BCUT2D eigenvalue weighted by Gasteiger charge is 2.24. The van der Waals surface area contributed by atoms with Gasteiger partial charge in [-0.05, 0) is 25.3 Å². The molecule has 4 heteroatoms. The highest BCUT2D eigenvalue weighted by molar-refractivity contribution is 5.81. The Bertz CT molecular complexity index is 247. The van der Waals surface area contributed by atoms with E-state index in [1.807, 2.05) is 4.90 Å². The lowest BCUT2D eigenvalue weighted by Gasteiger charge is -2.36. The van der Waals surface area contributed by atoms with E-state index in [0.29, 0.717) is 0 Å². The molecule has 0 spiro atoms. The van der Waals surface area contributed by atoms with Crippen molar-refractivity contribution < 1.29 is 4.79 Å². The third-order valence-corrected chi connectivity index (χ3v) is 3.62. The molecule has 1 atom stereocenters. The molecule has 1 aliphatic rings. The molecule has 1 amide bonds. The van der Waals surface area contributed by atoms with Crippen LogP contribution in [0.2, 0.25) is 0 Å². The molecule has 1 fully saturated rings. The van der Waals surface area contributed by atoms with E-state index >= 15 is 0 Å². The van der Waals surface area contributed by atoms with Crippen LogP contribution in [0.25, 0.3) is 0 Å². The van der Waals surface area contributed by atoms with Crippen molar-refractivity contribution in [3.05, 3.63) is 0 Å². The summed E-state index contributed by atoms with van der Waals surface area (Å²) in [5, 5.41) is 0. The summed E-state index contributed by atoms with van der Waals surface area (Å²) in [6.45, 7) is 11.4. The van der Waals surface area contributed by atoms with Gasteiger partial charge in [0.2, 0.25) is 5.91 Å². The molecule has 106 valence electrons. The van der Waals surface area contributed by atoms with Crippen LogP contribution >= 0.6 is 0 Å². The van der Waals surface area contributed by atoms with Crippen LogP contribution in [0.3, 0.4) is 0 Å². The lowest BCUT2D eigenvalue weighted by molar-refractivity contribution is -0.134. The van der Waals surface area contributed by atoms with Gasteiger partial charge in [-0.3, -0.25) is 9.69 Å². The Labute approximate surface area is 111 Å². The van der Waals surface area contributed by atoms with Gasteiger partial charge in [0.25, 0.3) is 0 Å². The van der Waals surface area contributed by atoms with Crippen LogP contribution in [0.4, 0.5) is 0 Å². The minimum Gasteiger partial charge on any atom is -0.339 e. The van der Waals surface area contributed by atoms with Crippen LogP contribution in [0.5, 0.6) is 0 Å². The molecule has 1 saturated heterocycles. The first-order chi connectivity index (χ1) is 8.54. The number of amides is 1. The van der Waals surface area contributed by atoms with E-state index in [-0.39, 0.29) is 11.9 Å². The molecule has 0 aromatic heterocycles. The van der Waals surface area contributed by atoms with Crippen molar-refractivity contribution in [2.24, 2.45) is 11.7 Å². The van der Waals surface area contributed by atoms with Crippen molar-refractivity contribution >= 4 is 5.91 Å². The largest absolute Gasteiger partial charge is 0.339 e. The minimum atomic E-state index is -0.294. The molecule has 1 rings (SSSR count). The number of hydrogen-bond donors (Lipinski definition) is 1. The maximum atomic E-state index is 12.0. The number of carbonyl (C=O) groups excluding carboxylic acids is 1. The van der Waals surface area contributed by atoms with Gasteiger partial charge in [-0.25, -0.2) is 0 Å². The molecule has 0 radical (unpaired) electrons. The average molecular weight is 255 g/mol. The van der Waals surface area contributed by atoms with Crippen LogP contribution in [0.1, 0.15) is 40.0 Å². The second-order valence-corrected chi connectivity index (χ2v) is 5.74. The Morgan fingerprint density at radius 3 is 2.28 bits per heavy atom. The smallest absolute Gasteiger partial charge is 0.239 e. The summed E-state index contributed by atoms with van der Waals surface area (Å²) in [6, 6.07) is -0.294. The van der Waals surface area contributed by atoms with Gasteiger partial charge in [-0.2, -0.15) is 0 Å². The first-order valence-electron chi connectivity index (χ1n) is 7.31. The monoisotopic (exact) mass is 255 g/mol. The molecule has 0 aromatic carbocycles. The first-order valence-corrected chi connectivity index (χ1v) is 7.31. The van der Waals surface area contributed by atoms with Crippen molar-refractivity contribution in [1.82, 2.24) is 9.80 Å². The van der Waals surface area contributed by atoms with Gasteiger partial charge in [-0.15, -0.1) is 0 Å². The van der Waals surface area contributed by atoms with Crippen LogP contribution in [-0.2, 0) is 4.79 Å². The molecule has 0 aromatic rings. The fraction of sp³-hybridized carbons (Fsp3) is 0.929. The maximum absolute atomic E-state index is 12.0. The van der Waals surface area contributed by atoms with Crippen LogP contribution < -0.4 is 5.73 Å². The maximum Gasteiger partial charge on any atom is 0.239 e. The number of piperazine rings is 1. The Morgan fingerprint density at radius 1 is 1.17 bits per heavy atom. The predicted octanol–water partition coefficient (Wildman–Crippen LogP) is 1.30. The van der Waals surface area contributed by atoms with E-state index in [1.165, 1.54) is 6.42 Å². The predicted molar refractivity (Wildman–Crippen MR) is 75.4 cm³/mol. The third kappa shape index (κ3) is 4.94. The third-order valence-electron chi connectivity index (χ3n) is 3.62. The fourth-order valence-corrected chi connectivity index (χ4v) is 2.30. The molecule has 0 saturated carbocycles. The average Bonchev–Trinajstić information content (AvgIpc) is 2.36. The van der Waals surface area contributed by atoms with E-state index in [4.69, 9.17) is 5.73 Å². The zero-order valence-electron chi connectivity index (χ0n) is 12.2. The van der Waals surface area contributed by atoms with Gasteiger partial charge < -0.3 is 10.6 Å². The summed E-state index contributed by atoms with van der Waals surface area (Å²) < 4.78 is 0. The van der Waals surface area contributed by atoms with Crippen molar-refractivity contribution in [1.29, 1.82) is 0 Å². The second-order valence-electron chi connectivity index (χ2n) is 5.74. The number of rotatable bonds is 6. The Balaban J connectivity index is 2.28. The molecule has 4 nitrogen and oxygen atoms in total. The van der Waals surface area contributed by atoms with Crippen molar-refractivity contribution in [3.63, 3.8) is 0 Å². The molecular weight excluding hydrogens is 226 g/mol. The van der Waals surface area contributed by atoms with Crippen LogP contribution in [0, 0.1) is 5.92 Å². The number of hydrogen-bond acceptors (Lipinski definition) is 3. The van der Waals surface area contributed by atoms with Gasteiger partial charge in [0.05, 0.1) is 6.04 Å². The molecule has 1 unspecified atom stereocenters. The van der Waals surface area contributed by atoms with E-state index in [1.54, 1.807) is 0 Å². The molecular formula is C14H29N3O. The second kappa shape index (κ2) is 7.74. The van der Waals surface area contributed by atoms with Gasteiger partial charge in [0, 0.05) is 26.2 Å². The molecule has 0 bridgehead atoms. The van der Waals surface area contributed by atoms with E-state index in [2.05, 4.69) is 25.7 Å². The number of carbonyl (C=O) groups is 1. The molecule has 0 aliphatic carbocycles. The quantitative estimate of drug-likeness (QED) is 0.778. The molecule has 18 heavy (non-hydrogen) atoms. The summed E-state index contributed by atoms with van der Waals surface area (Å²) in [6.07, 6.45) is 3.01. The Hall–Kier alpha value is -0.610. The summed E-state index contributed by atoms with van der Waals surface area (Å²) in [7, 11) is 0. The SMILES string of the molecule is CCCC(N)C(=O)N1CCN(CCC(C)C)CC1. The van der Waals surface area contributed by atoms with Crippen LogP contribution in [-0.4, -0.2) is 54.5 Å². The molecule has 1 aliphatic heterocycles. The van der Waals surface area contributed by atoms with Crippen molar-refractivity contribution in [3.8, 4) is 0 Å². The first kappa shape index (κ1) is 15.4. The normalized spacial score (nSPS) is 19.3. The van der Waals surface area contributed by atoms with Gasteiger partial charge in [0.15, 0.2) is 0 Å². The molecule has 1 heterocycles. The summed E-state index contributed by atoms with van der Waals surface area (Å²) in [4.78, 5) is 16.4. The van der Waals surface area contributed by atoms with Crippen LogP contribution in [0.15, 0.2) is 0 Å². The highest BCUT2D eigenvalue weighted by atomic mass is 16.2. The van der Waals surface area contributed by atoms with Gasteiger partial charge in [0.1, 0.15) is 0 Å². The number of nitrogens with zero attached hydrogens (tertiary/aromatic N) is 2. The lowest BCUT2D eigenvalue weighted by atomic mass is 10.1. The minimum absolute atomic E-state index is 0.139. The van der Waals surface area contributed by atoms with E-state index < -0.39 is 0 Å². The van der Waals surface area contributed by atoms with E-state index in [9.17, 15) is 4.79 Å². The van der Waals surface area contributed by atoms with Crippen molar-refractivity contribution in [2.75, 3.05) is 32.7 Å². The summed E-state index contributed by atoms with van der Waals surface area (Å²) in [5.74, 6) is 0.892. The Morgan fingerprint density at radius 2 is 1.78 bits per heavy atom. The van der Waals surface area contributed by atoms with Gasteiger partial charge in [-0.1, -0.05) is 27.2 Å². The topological polar surface area (TPSA) is 49.6 Å². The van der Waals surface area contributed by atoms with Crippen molar-refractivity contribution in [2.45, 2.75) is 46.1 Å². The standard InChI is InChI=1S/C14H29N3O/c1-4-5-13(15)14(18)17-10-8-16(9-11-17)7-6-12(2)3/h12-13H,4-11,15H2,1-3H3. The fourth-order valence-electron chi connectivity index (χ4n) is 2.30.